The number of hydrogen-bond acceptors (Lipinski definition) is 4. The van der Waals surface area contributed by atoms with E-state index in [1.54, 1.807) is 17.0 Å². The number of aryl methyl sites for hydroxylation is 1. The summed E-state index contributed by atoms with van der Waals surface area (Å²) in [4.78, 5) is 34.2. The number of pyridine rings is 2. The molecule has 1 aliphatic heterocycles. The van der Waals surface area contributed by atoms with Crippen molar-refractivity contribution in [3.8, 4) is 0 Å². The summed E-state index contributed by atoms with van der Waals surface area (Å²) in [7, 11) is 0. The van der Waals surface area contributed by atoms with Crippen molar-refractivity contribution < 1.29 is 9.53 Å². The minimum Gasteiger partial charge on any atom is -0.381 e. The third-order valence-corrected chi connectivity index (χ3v) is 4.24. The second-order valence-electron chi connectivity index (χ2n) is 5.95. The van der Waals surface area contributed by atoms with Crippen LogP contribution in [0.15, 0.2) is 23.1 Å². The van der Waals surface area contributed by atoms with Crippen LogP contribution in [-0.2, 0) is 4.74 Å². The molecule has 2 aromatic rings. The molecule has 1 aliphatic rings. The summed E-state index contributed by atoms with van der Waals surface area (Å²) in [5.74, 6) is 0.135. The molecule has 3 heterocycles. The van der Waals surface area contributed by atoms with E-state index >= 15 is 0 Å². The third-order valence-electron chi connectivity index (χ3n) is 4.24. The number of nitrogens with zero attached hydrogens (tertiary/aromatic N) is 2. The van der Waals surface area contributed by atoms with Crippen LogP contribution >= 0.6 is 0 Å². The first kappa shape index (κ1) is 15.7. The largest absolute Gasteiger partial charge is 0.381 e. The van der Waals surface area contributed by atoms with Gasteiger partial charge in [0.1, 0.15) is 11.2 Å². The fraction of sp³-hybridized carbons (Fsp3) is 0.471. The highest BCUT2D eigenvalue weighted by molar-refractivity contribution is 5.96. The van der Waals surface area contributed by atoms with E-state index in [9.17, 15) is 9.59 Å². The summed E-state index contributed by atoms with van der Waals surface area (Å²) in [6.07, 6.45) is 2.40. The summed E-state index contributed by atoms with van der Waals surface area (Å²) in [6, 6.07) is 3.49. The van der Waals surface area contributed by atoms with Crippen LogP contribution in [0, 0.1) is 12.8 Å². The molecule has 23 heavy (non-hydrogen) atoms. The highest BCUT2D eigenvalue weighted by Gasteiger charge is 2.28. The zero-order valence-corrected chi connectivity index (χ0v) is 13.5. The lowest BCUT2D eigenvalue weighted by molar-refractivity contribution is 0.0761. The molecule has 1 atom stereocenters. The average Bonchev–Trinajstić information content (AvgIpc) is 3.01. The van der Waals surface area contributed by atoms with E-state index in [1.807, 2.05) is 13.8 Å². The predicted molar refractivity (Wildman–Crippen MR) is 87.6 cm³/mol. The smallest absolute Gasteiger partial charge is 0.259 e. The van der Waals surface area contributed by atoms with Crippen LogP contribution < -0.4 is 5.43 Å². The minimum absolute atomic E-state index is 0.181. The Bertz CT molecular complexity index is 784. The molecule has 122 valence electrons. The fourth-order valence-electron chi connectivity index (χ4n) is 2.97. The first-order chi connectivity index (χ1) is 11.1. The Labute approximate surface area is 134 Å². The molecule has 1 fully saturated rings. The van der Waals surface area contributed by atoms with E-state index in [4.69, 9.17) is 4.74 Å². The SMILES string of the molecule is CCOCC1CCN(C(=O)c2c[nH]c3nc(C)ccc3c2=O)C1. The highest BCUT2D eigenvalue weighted by atomic mass is 16.5. The number of likely N-dealkylation sites (tertiary alicyclic amines) is 1. The maximum absolute atomic E-state index is 12.6. The Balaban J connectivity index is 1.83. The van der Waals surface area contributed by atoms with Gasteiger partial charge in [-0.3, -0.25) is 9.59 Å². The van der Waals surface area contributed by atoms with E-state index in [0.29, 0.717) is 43.3 Å². The fourth-order valence-corrected chi connectivity index (χ4v) is 2.97. The molecule has 1 N–H and O–H groups in total. The molecule has 6 nitrogen and oxygen atoms in total. The summed E-state index contributed by atoms with van der Waals surface area (Å²) in [5, 5.41) is 0.450. The summed E-state index contributed by atoms with van der Waals surface area (Å²) >= 11 is 0. The molecule has 0 spiro atoms. The number of carbonyl (C=O) groups is 1. The number of nitrogens with one attached hydrogen (secondary N) is 1. The van der Waals surface area contributed by atoms with Gasteiger partial charge in [-0.2, -0.15) is 0 Å². The Kier molecular flexibility index (Phi) is 4.43. The van der Waals surface area contributed by atoms with Crippen LogP contribution in [0.3, 0.4) is 0 Å². The van der Waals surface area contributed by atoms with Gasteiger partial charge >= 0.3 is 0 Å². The number of aromatic amines is 1. The summed E-state index contributed by atoms with van der Waals surface area (Å²) in [6.45, 7) is 6.48. The van der Waals surface area contributed by atoms with Crippen molar-refractivity contribution in [2.24, 2.45) is 5.92 Å². The van der Waals surface area contributed by atoms with Crippen LogP contribution in [0.25, 0.3) is 11.0 Å². The van der Waals surface area contributed by atoms with Gasteiger partial charge in [0.25, 0.3) is 5.91 Å². The lowest BCUT2D eigenvalue weighted by atomic mass is 10.1. The minimum atomic E-state index is -0.260. The zero-order valence-electron chi connectivity index (χ0n) is 13.5. The molecule has 0 bridgehead atoms. The number of aromatic nitrogens is 2. The van der Waals surface area contributed by atoms with E-state index in [1.165, 1.54) is 6.20 Å². The second kappa shape index (κ2) is 6.50. The Morgan fingerprint density at radius 1 is 1.48 bits per heavy atom. The Morgan fingerprint density at radius 3 is 3.09 bits per heavy atom. The standard InChI is InChI=1S/C17H21N3O3/c1-3-23-10-12-6-7-20(9-12)17(22)14-8-18-16-13(15(14)21)5-4-11(2)19-16/h4-5,8,12H,3,6-7,9-10H2,1-2H3,(H,18,19,21). The molecular formula is C17H21N3O3. The number of fused-ring (bicyclic) bond motifs is 1. The van der Waals surface area contributed by atoms with Crippen molar-refractivity contribution in [1.82, 2.24) is 14.9 Å². The lowest BCUT2D eigenvalue weighted by Gasteiger charge is -2.16. The molecule has 1 unspecified atom stereocenters. The van der Waals surface area contributed by atoms with Crippen molar-refractivity contribution in [3.05, 3.63) is 39.8 Å². The van der Waals surface area contributed by atoms with Crippen LogP contribution in [0.1, 0.15) is 29.4 Å². The molecule has 0 aromatic carbocycles. The van der Waals surface area contributed by atoms with Crippen LogP contribution in [0.4, 0.5) is 0 Å². The molecule has 2 aromatic heterocycles. The maximum atomic E-state index is 12.6. The third kappa shape index (κ3) is 3.12. The molecule has 3 rings (SSSR count). The first-order valence-electron chi connectivity index (χ1n) is 7.96. The van der Waals surface area contributed by atoms with Crippen molar-refractivity contribution in [2.75, 3.05) is 26.3 Å². The zero-order chi connectivity index (χ0) is 16.4. The maximum Gasteiger partial charge on any atom is 0.259 e. The normalized spacial score (nSPS) is 17.8. The van der Waals surface area contributed by atoms with Gasteiger partial charge in [0.15, 0.2) is 0 Å². The molecular weight excluding hydrogens is 294 g/mol. The number of hydrogen-bond donors (Lipinski definition) is 1. The predicted octanol–water partition coefficient (Wildman–Crippen LogP) is 1.73. The first-order valence-corrected chi connectivity index (χ1v) is 7.96. The topological polar surface area (TPSA) is 75.3 Å². The Morgan fingerprint density at radius 2 is 2.30 bits per heavy atom. The van der Waals surface area contributed by atoms with Gasteiger partial charge in [0.2, 0.25) is 5.43 Å². The molecule has 1 saturated heterocycles. The monoisotopic (exact) mass is 315 g/mol. The van der Waals surface area contributed by atoms with Crippen molar-refractivity contribution in [1.29, 1.82) is 0 Å². The number of ether oxygens (including phenoxy) is 1. The van der Waals surface area contributed by atoms with Gasteiger partial charge in [-0.25, -0.2) is 4.98 Å². The highest BCUT2D eigenvalue weighted by Crippen LogP contribution is 2.18. The quantitative estimate of drug-likeness (QED) is 0.932. The molecule has 1 amide bonds. The van der Waals surface area contributed by atoms with Gasteiger partial charge in [0, 0.05) is 37.5 Å². The van der Waals surface area contributed by atoms with E-state index in [-0.39, 0.29) is 16.9 Å². The van der Waals surface area contributed by atoms with Crippen LogP contribution in [0.2, 0.25) is 0 Å². The summed E-state index contributed by atoms with van der Waals surface area (Å²) < 4.78 is 5.43. The Hall–Kier alpha value is -2.21. The molecule has 0 aliphatic carbocycles. The van der Waals surface area contributed by atoms with Crippen LogP contribution in [0.5, 0.6) is 0 Å². The number of H-pyrrole nitrogens is 1. The van der Waals surface area contributed by atoms with Gasteiger partial charge in [-0.1, -0.05) is 0 Å². The van der Waals surface area contributed by atoms with E-state index in [2.05, 4.69) is 9.97 Å². The average molecular weight is 315 g/mol. The van der Waals surface area contributed by atoms with Crippen molar-refractivity contribution in [3.63, 3.8) is 0 Å². The number of amides is 1. The number of carbonyl (C=O) groups excluding carboxylic acids is 1. The van der Waals surface area contributed by atoms with Gasteiger partial charge in [0.05, 0.1) is 12.0 Å². The second-order valence-corrected chi connectivity index (χ2v) is 5.95. The summed E-state index contributed by atoms with van der Waals surface area (Å²) in [5.41, 5.74) is 1.26. The lowest BCUT2D eigenvalue weighted by Crippen LogP contribution is -2.33. The van der Waals surface area contributed by atoms with Crippen molar-refractivity contribution in [2.45, 2.75) is 20.3 Å². The van der Waals surface area contributed by atoms with E-state index < -0.39 is 0 Å². The van der Waals surface area contributed by atoms with Gasteiger partial charge in [-0.15, -0.1) is 0 Å². The number of rotatable bonds is 4. The van der Waals surface area contributed by atoms with Gasteiger partial charge < -0.3 is 14.6 Å². The van der Waals surface area contributed by atoms with Crippen molar-refractivity contribution >= 4 is 16.9 Å². The molecule has 6 heteroatoms. The van der Waals surface area contributed by atoms with Gasteiger partial charge in [-0.05, 0) is 32.4 Å². The molecule has 0 radical (unpaired) electrons. The van der Waals surface area contributed by atoms with E-state index in [0.717, 1.165) is 12.1 Å². The van der Waals surface area contributed by atoms with Crippen LogP contribution in [-0.4, -0.2) is 47.1 Å². The molecule has 0 saturated carbocycles.